The molecule has 1 atom stereocenters. The van der Waals surface area contributed by atoms with E-state index in [1.807, 2.05) is 24.3 Å². The molecule has 0 amide bonds. The Morgan fingerprint density at radius 1 is 1.10 bits per heavy atom. The molecule has 2 aliphatic heterocycles. The molecular weight excluding hydrogens is 388 g/mol. The maximum atomic E-state index is 6.30. The van der Waals surface area contributed by atoms with E-state index < -0.39 is 5.41 Å². The minimum absolute atomic E-state index is 0.0710. The highest BCUT2D eigenvalue weighted by Crippen LogP contribution is 2.52. The molecule has 0 radical (unpaired) electrons. The van der Waals surface area contributed by atoms with E-state index in [1.165, 1.54) is 0 Å². The van der Waals surface area contributed by atoms with Gasteiger partial charge < -0.3 is 20.5 Å². The molecule has 0 saturated carbocycles. The summed E-state index contributed by atoms with van der Waals surface area (Å²) < 4.78 is 12.4. The summed E-state index contributed by atoms with van der Waals surface area (Å²) in [6.07, 6.45) is 7.22. The van der Waals surface area contributed by atoms with Crippen molar-refractivity contribution < 1.29 is 9.47 Å². The predicted octanol–water partition coefficient (Wildman–Crippen LogP) is 4.36. The Kier molecular flexibility index (Phi) is 4.39. The van der Waals surface area contributed by atoms with Gasteiger partial charge in [-0.3, -0.25) is 9.97 Å². The highest BCUT2D eigenvalue weighted by molar-refractivity contribution is 5.69. The van der Waals surface area contributed by atoms with Crippen LogP contribution in [0.1, 0.15) is 31.9 Å². The van der Waals surface area contributed by atoms with Crippen molar-refractivity contribution in [3.05, 3.63) is 78.0 Å². The zero-order chi connectivity index (χ0) is 21.6. The summed E-state index contributed by atoms with van der Waals surface area (Å²) >= 11 is 0. The fourth-order valence-corrected chi connectivity index (χ4v) is 4.13. The van der Waals surface area contributed by atoms with Crippen LogP contribution in [0.3, 0.4) is 0 Å². The average Bonchev–Trinajstić information content (AvgIpc) is 3.15. The van der Waals surface area contributed by atoms with Gasteiger partial charge in [0.25, 0.3) is 0 Å². The molecule has 0 fully saturated rings. The second-order valence-electron chi connectivity index (χ2n) is 9.34. The van der Waals surface area contributed by atoms with Crippen molar-refractivity contribution in [2.45, 2.75) is 26.2 Å². The van der Waals surface area contributed by atoms with Crippen LogP contribution >= 0.6 is 0 Å². The Morgan fingerprint density at radius 3 is 2.55 bits per heavy atom. The lowest BCUT2D eigenvalue weighted by Gasteiger charge is -2.36. The number of aromatic nitrogens is 2. The molecule has 6 nitrogen and oxygen atoms in total. The number of rotatable bonds is 3. The molecule has 158 valence electrons. The van der Waals surface area contributed by atoms with E-state index in [1.54, 1.807) is 18.6 Å². The van der Waals surface area contributed by atoms with E-state index in [4.69, 9.17) is 15.2 Å². The van der Waals surface area contributed by atoms with Crippen LogP contribution in [0, 0.1) is 5.41 Å². The van der Waals surface area contributed by atoms with E-state index in [9.17, 15) is 0 Å². The first kappa shape index (κ1) is 19.4. The number of hydrogen-bond donors (Lipinski definition) is 2. The molecule has 3 aromatic rings. The van der Waals surface area contributed by atoms with Gasteiger partial charge in [-0.15, -0.1) is 0 Å². The lowest BCUT2D eigenvalue weighted by Crippen LogP contribution is -2.34. The third-order valence-corrected chi connectivity index (χ3v) is 5.62. The van der Waals surface area contributed by atoms with Crippen molar-refractivity contribution in [3.8, 4) is 28.5 Å². The molecule has 3 N–H and O–H groups in total. The van der Waals surface area contributed by atoms with Crippen molar-refractivity contribution in [2.24, 2.45) is 11.1 Å². The smallest absolute Gasteiger partial charge is 0.132 e. The number of benzene rings is 2. The van der Waals surface area contributed by atoms with Crippen LogP contribution in [0.2, 0.25) is 0 Å². The third kappa shape index (κ3) is 3.48. The van der Waals surface area contributed by atoms with Crippen LogP contribution in [0.5, 0.6) is 17.2 Å². The van der Waals surface area contributed by atoms with Gasteiger partial charge in [0.2, 0.25) is 0 Å². The van der Waals surface area contributed by atoms with Crippen molar-refractivity contribution in [1.29, 1.82) is 0 Å². The molecule has 1 aromatic heterocycles. The van der Waals surface area contributed by atoms with Crippen LogP contribution < -0.4 is 20.5 Å². The first-order valence-electron chi connectivity index (χ1n) is 10.4. The minimum atomic E-state index is -0.452. The molecule has 31 heavy (non-hydrogen) atoms. The second kappa shape index (κ2) is 7.01. The third-order valence-electron chi connectivity index (χ3n) is 5.62. The first-order valence-corrected chi connectivity index (χ1v) is 10.4. The molecule has 6 heteroatoms. The molecule has 1 spiro atoms. The molecule has 2 aliphatic rings. The second-order valence-corrected chi connectivity index (χ2v) is 9.34. The van der Waals surface area contributed by atoms with E-state index in [2.05, 4.69) is 54.3 Å². The highest BCUT2D eigenvalue weighted by Gasteiger charge is 2.44. The fraction of sp³-hybridized carbons (Fsp3) is 0.280. The summed E-state index contributed by atoms with van der Waals surface area (Å²) in [7, 11) is 0. The van der Waals surface area contributed by atoms with Crippen LogP contribution in [-0.2, 0) is 5.41 Å². The van der Waals surface area contributed by atoms with Gasteiger partial charge in [0.1, 0.15) is 17.2 Å². The van der Waals surface area contributed by atoms with Gasteiger partial charge in [0.05, 0.1) is 29.7 Å². The summed E-state index contributed by atoms with van der Waals surface area (Å²) in [5.41, 5.74) is 9.71. The van der Waals surface area contributed by atoms with Crippen LogP contribution in [0.25, 0.3) is 11.3 Å². The van der Waals surface area contributed by atoms with Gasteiger partial charge in [-0.1, -0.05) is 20.8 Å². The molecule has 5 rings (SSSR count). The predicted molar refractivity (Wildman–Crippen MR) is 120 cm³/mol. The van der Waals surface area contributed by atoms with E-state index in [0.717, 1.165) is 39.6 Å². The van der Waals surface area contributed by atoms with E-state index in [0.29, 0.717) is 19.0 Å². The van der Waals surface area contributed by atoms with Gasteiger partial charge in [-0.05, 0) is 47.9 Å². The lowest BCUT2D eigenvalue weighted by atomic mass is 9.72. The fourth-order valence-electron chi connectivity index (χ4n) is 4.13. The van der Waals surface area contributed by atoms with E-state index in [-0.39, 0.29) is 5.41 Å². The normalized spacial score (nSPS) is 19.1. The number of nitrogens with one attached hydrogen (secondary N) is 1. The lowest BCUT2D eigenvalue weighted by molar-refractivity contribution is 0.197. The molecule has 0 bridgehead atoms. The summed E-state index contributed by atoms with van der Waals surface area (Å²) in [6, 6.07) is 12.2. The van der Waals surface area contributed by atoms with Crippen molar-refractivity contribution >= 4 is 0 Å². The monoisotopic (exact) mass is 414 g/mol. The van der Waals surface area contributed by atoms with Gasteiger partial charge in [-0.2, -0.15) is 0 Å². The standard InChI is InChI=1S/C25H26N4O2/c1-24(2,3)15-30-17-5-7-22-19(11-17)25(12-23(26)29-14-25)18-10-16(4-6-21(18)31-22)20-13-27-8-9-28-20/h4-13,29H,14-15,26H2,1-3H3/t25-/m0/s1. The zero-order valence-electron chi connectivity index (χ0n) is 18.0. The van der Waals surface area contributed by atoms with Gasteiger partial charge in [0, 0.05) is 35.6 Å². The van der Waals surface area contributed by atoms with Gasteiger partial charge in [0.15, 0.2) is 0 Å². The van der Waals surface area contributed by atoms with Gasteiger partial charge in [-0.25, -0.2) is 0 Å². The molecule has 2 aromatic carbocycles. The maximum Gasteiger partial charge on any atom is 0.132 e. The van der Waals surface area contributed by atoms with Crippen LogP contribution in [0.4, 0.5) is 0 Å². The van der Waals surface area contributed by atoms with Crippen molar-refractivity contribution in [3.63, 3.8) is 0 Å². The summed E-state index contributed by atoms with van der Waals surface area (Å²) in [5, 5.41) is 3.31. The molecular formula is C25H26N4O2. The summed E-state index contributed by atoms with van der Waals surface area (Å²) in [4.78, 5) is 8.66. The van der Waals surface area contributed by atoms with Crippen molar-refractivity contribution in [1.82, 2.24) is 15.3 Å². The molecule has 0 unspecified atom stereocenters. The van der Waals surface area contributed by atoms with Crippen molar-refractivity contribution in [2.75, 3.05) is 13.2 Å². The topological polar surface area (TPSA) is 82.3 Å². The zero-order valence-corrected chi connectivity index (χ0v) is 18.0. The van der Waals surface area contributed by atoms with Crippen LogP contribution in [-0.4, -0.2) is 23.1 Å². The molecule has 3 heterocycles. The minimum Gasteiger partial charge on any atom is -0.493 e. The summed E-state index contributed by atoms with van der Waals surface area (Å²) in [5.74, 6) is 3.11. The number of nitrogens with two attached hydrogens (primary N) is 1. The quantitative estimate of drug-likeness (QED) is 0.663. The largest absolute Gasteiger partial charge is 0.493 e. The molecule has 0 saturated heterocycles. The number of hydrogen-bond acceptors (Lipinski definition) is 6. The maximum absolute atomic E-state index is 6.30. The number of ether oxygens (including phenoxy) is 2. The Morgan fingerprint density at radius 2 is 1.87 bits per heavy atom. The van der Waals surface area contributed by atoms with Crippen LogP contribution in [0.15, 0.2) is 66.9 Å². The van der Waals surface area contributed by atoms with E-state index >= 15 is 0 Å². The Labute approximate surface area is 182 Å². The summed E-state index contributed by atoms with van der Waals surface area (Å²) in [6.45, 7) is 7.75. The Balaban J connectivity index is 1.63. The Bertz CT molecular complexity index is 1170. The SMILES string of the molecule is CC(C)(C)COc1ccc2c(c1)[C@]1(C=C(N)NC1)c1cc(-c3cnccn3)ccc1O2. The van der Waals surface area contributed by atoms with Gasteiger partial charge >= 0.3 is 0 Å². The number of fused-ring (bicyclic) bond motifs is 4. The average molecular weight is 415 g/mol. The molecule has 0 aliphatic carbocycles. The number of nitrogens with zero attached hydrogens (tertiary/aromatic N) is 2. The Hall–Kier alpha value is -3.54. The highest BCUT2D eigenvalue weighted by atomic mass is 16.5. The first-order chi connectivity index (χ1) is 14.8.